The normalized spacial score (nSPS) is 10.1. The van der Waals surface area contributed by atoms with E-state index in [1.54, 1.807) is 38.1 Å². The van der Waals surface area contributed by atoms with Crippen molar-refractivity contribution in [2.45, 2.75) is 33.6 Å². The number of ether oxygens (including phenoxy) is 3. The molecule has 0 fully saturated rings. The van der Waals surface area contributed by atoms with Crippen molar-refractivity contribution in [1.29, 1.82) is 0 Å². The lowest BCUT2D eigenvalue weighted by atomic mass is 10.0. The summed E-state index contributed by atoms with van der Waals surface area (Å²) in [6, 6.07) is 12.1. The molecule has 0 aliphatic heterocycles. The summed E-state index contributed by atoms with van der Waals surface area (Å²) in [5, 5.41) is 7.68. The molecule has 2 aromatic rings. The first-order valence-electron chi connectivity index (χ1n) is 10.5. The number of aryl methyl sites for hydroxylation is 2. The van der Waals surface area contributed by atoms with E-state index >= 15 is 0 Å². The van der Waals surface area contributed by atoms with Gasteiger partial charge in [0, 0.05) is 25.7 Å². The Morgan fingerprint density at radius 3 is 1.44 bits per heavy atom. The highest BCUT2D eigenvalue weighted by Gasteiger charge is 2.11. The van der Waals surface area contributed by atoms with Crippen molar-refractivity contribution in [3.05, 3.63) is 53.6 Å². The molecule has 32 heavy (non-hydrogen) atoms. The van der Waals surface area contributed by atoms with E-state index in [0.29, 0.717) is 38.2 Å². The van der Waals surface area contributed by atoms with Crippen LogP contribution in [0.3, 0.4) is 0 Å². The molecule has 0 aromatic heterocycles. The van der Waals surface area contributed by atoms with Crippen LogP contribution in [0.5, 0.6) is 17.2 Å². The van der Waals surface area contributed by atoms with E-state index in [1.165, 1.54) is 6.07 Å². The maximum atomic E-state index is 11.8. The first-order valence-corrected chi connectivity index (χ1v) is 10.5. The SMILES string of the molecule is CCNC(=O)Oc1ccc(CCc2cc(OC(=O)NCC)cc(OC(=O)NCC)c2)cc1. The summed E-state index contributed by atoms with van der Waals surface area (Å²) in [6.45, 7) is 6.74. The van der Waals surface area contributed by atoms with E-state index in [2.05, 4.69) is 16.0 Å². The Kier molecular flexibility index (Phi) is 9.83. The third-order valence-corrected chi connectivity index (χ3v) is 4.16. The Morgan fingerprint density at radius 1 is 0.594 bits per heavy atom. The molecule has 0 spiro atoms. The molecule has 9 heteroatoms. The fourth-order valence-corrected chi connectivity index (χ4v) is 2.77. The monoisotopic (exact) mass is 443 g/mol. The molecule has 0 atom stereocenters. The summed E-state index contributed by atoms with van der Waals surface area (Å²) in [7, 11) is 0. The molecule has 0 saturated heterocycles. The molecule has 9 nitrogen and oxygen atoms in total. The summed E-state index contributed by atoms with van der Waals surface area (Å²) in [5.74, 6) is 1.01. The van der Waals surface area contributed by atoms with E-state index in [-0.39, 0.29) is 11.5 Å². The van der Waals surface area contributed by atoms with E-state index in [9.17, 15) is 14.4 Å². The highest BCUT2D eigenvalue weighted by atomic mass is 16.6. The van der Waals surface area contributed by atoms with Crippen LogP contribution in [0, 0.1) is 0 Å². The zero-order valence-electron chi connectivity index (χ0n) is 18.5. The Balaban J connectivity index is 2.08. The Hall–Kier alpha value is -3.75. The second-order valence-corrected chi connectivity index (χ2v) is 6.72. The zero-order chi connectivity index (χ0) is 23.3. The third-order valence-electron chi connectivity index (χ3n) is 4.16. The summed E-state index contributed by atoms with van der Waals surface area (Å²) in [6.07, 6.45) is -0.391. The molecule has 0 bridgehead atoms. The molecule has 3 N–H and O–H groups in total. The number of benzene rings is 2. The van der Waals surface area contributed by atoms with Crippen molar-refractivity contribution in [1.82, 2.24) is 16.0 Å². The summed E-state index contributed by atoms with van der Waals surface area (Å²) >= 11 is 0. The average Bonchev–Trinajstić information content (AvgIpc) is 2.73. The first-order chi connectivity index (χ1) is 15.4. The molecule has 3 amide bonds. The van der Waals surface area contributed by atoms with Gasteiger partial charge >= 0.3 is 18.3 Å². The number of rotatable bonds is 9. The van der Waals surface area contributed by atoms with Crippen LogP contribution in [0.25, 0.3) is 0 Å². The summed E-state index contributed by atoms with van der Waals surface area (Å²) in [5.41, 5.74) is 1.85. The highest BCUT2D eigenvalue weighted by Crippen LogP contribution is 2.25. The van der Waals surface area contributed by atoms with Crippen molar-refractivity contribution >= 4 is 18.3 Å². The molecule has 2 aromatic carbocycles. The van der Waals surface area contributed by atoms with Crippen molar-refractivity contribution in [3.8, 4) is 17.2 Å². The average molecular weight is 444 g/mol. The fourth-order valence-electron chi connectivity index (χ4n) is 2.77. The van der Waals surface area contributed by atoms with E-state index in [0.717, 1.165) is 11.1 Å². The van der Waals surface area contributed by atoms with Gasteiger partial charge < -0.3 is 30.2 Å². The lowest BCUT2D eigenvalue weighted by Gasteiger charge is -2.11. The number of hydrogen-bond acceptors (Lipinski definition) is 6. The minimum Gasteiger partial charge on any atom is -0.410 e. The van der Waals surface area contributed by atoms with Gasteiger partial charge in [-0.3, -0.25) is 0 Å². The predicted molar refractivity (Wildman–Crippen MR) is 119 cm³/mol. The first kappa shape index (κ1) is 24.5. The Bertz CT molecular complexity index is 876. The van der Waals surface area contributed by atoms with Gasteiger partial charge in [-0.2, -0.15) is 0 Å². The van der Waals surface area contributed by atoms with Gasteiger partial charge in [-0.1, -0.05) is 12.1 Å². The van der Waals surface area contributed by atoms with Gasteiger partial charge in [0.25, 0.3) is 0 Å². The zero-order valence-corrected chi connectivity index (χ0v) is 18.5. The van der Waals surface area contributed by atoms with Crippen LogP contribution in [-0.4, -0.2) is 37.9 Å². The molecule has 0 radical (unpaired) electrons. The van der Waals surface area contributed by atoms with E-state index < -0.39 is 18.3 Å². The van der Waals surface area contributed by atoms with Gasteiger partial charge in [0.1, 0.15) is 17.2 Å². The smallest absolute Gasteiger partial charge is 0.410 e. The van der Waals surface area contributed by atoms with Crippen LogP contribution in [0.2, 0.25) is 0 Å². The van der Waals surface area contributed by atoms with Gasteiger partial charge in [-0.15, -0.1) is 0 Å². The number of hydrogen-bond donors (Lipinski definition) is 3. The van der Waals surface area contributed by atoms with Crippen LogP contribution in [0.4, 0.5) is 14.4 Å². The van der Waals surface area contributed by atoms with Crippen molar-refractivity contribution in [2.75, 3.05) is 19.6 Å². The van der Waals surface area contributed by atoms with Crippen LogP contribution in [0.15, 0.2) is 42.5 Å². The van der Waals surface area contributed by atoms with Crippen LogP contribution < -0.4 is 30.2 Å². The molecule has 0 unspecified atom stereocenters. The Labute approximate surface area is 187 Å². The van der Waals surface area contributed by atoms with Gasteiger partial charge in [0.2, 0.25) is 0 Å². The van der Waals surface area contributed by atoms with Crippen molar-refractivity contribution < 1.29 is 28.6 Å². The largest absolute Gasteiger partial charge is 0.412 e. The minimum absolute atomic E-state index is 0.276. The summed E-state index contributed by atoms with van der Waals surface area (Å²) < 4.78 is 15.7. The fraction of sp³-hybridized carbons (Fsp3) is 0.348. The quantitative estimate of drug-likeness (QED) is 0.543. The van der Waals surface area contributed by atoms with Gasteiger partial charge in [0.15, 0.2) is 0 Å². The van der Waals surface area contributed by atoms with Crippen LogP contribution in [-0.2, 0) is 12.8 Å². The van der Waals surface area contributed by atoms with E-state index in [4.69, 9.17) is 14.2 Å². The number of amides is 3. The van der Waals surface area contributed by atoms with Crippen LogP contribution >= 0.6 is 0 Å². The van der Waals surface area contributed by atoms with Gasteiger partial charge in [0.05, 0.1) is 0 Å². The molecule has 0 saturated carbocycles. The highest BCUT2D eigenvalue weighted by molar-refractivity contribution is 5.72. The number of carbonyl (C=O) groups is 3. The molecular formula is C23H29N3O6. The third kappa shape index (κ3) is 8.55. The standard InChI is InChI=1S/C23H29N3O6/c1-4-24-21(27)30-18-11-9-16(10-12-18)7-8-17-13-19(31-22(28)25-5-2)15-20(14-17)32-23(29)26-6-3/h9-15H,4-8H2,1-3H3,(H,24,27)(H,25,28)(H,26,29). The predicted octanol–water partition coefficient (Wildman–Crippen LogP) is 3.80. The maximum Gasteiger partial charge on any atom is 0.412 e. The Morgan fingerprint density at radius 2 is 1.00 bits per heavy atom. The maximum absolute atomic E-state index is 11.8. The summed E-state index contributed by atoms with van der Waals surface area (Å²) in [4.78, 5) is 35.1. The second-order valence-electron chi connectivity index (χ2n) is 6.72. The number of nitrogens with one attached hydrogen (secondary N) is 3. The van der Waals surface area contributed by atoms with Gasteiger partial charge in [-0.05, 0) is 69.0 Å². The molecule has 0 heterocycles. The molecule has 0 aliphatic rings. The number of carbonyl (C=O) groups excluding carboxylic acids is 3. The van der Waals surface area contributed by atoms with Crippen LogP contribution in [0.1, 0.15) is 31.9 Å². The molecular weight excluding hydrogens is 414 g/mol. The lowest BCUT2D eigenvalue weighted by Crippen LogP contribution is -2.27. The molecule has 172 valence electrons. The topological polar surface area (TPSA) is 115 Å². The lowest BCUT2D eigenvalue weighted by molar-refractivity contribution is 0.198. The van der Waals surface area contributed by atoms with Crippen molar-refractivity contribution in [3.63, 3.8) is 0 Å². The van der Waals surface area contributed by atoms with Crippen molar-refractivity contribution in [2.24, 2.45) is 0 Å². The second kappa shape index (κ2) is 12.8. The minimum atomic E-state index is -0.587. The molecule has 2 rings (SSSR count). The van der Waals surface area contributed by atoms with E-state index in [1.807, 2.05) is 19.1 Å². The van der Waals surface area contributed by atoms with Gasteiger partial charge in [-0.25, -0.2) is 14.4 Å². The molecule has 0 aliphatic carbocycles.